The molecule has 0 spiro atoms. The van der Waals surface area contributed by atoms with Crippen molar-refractivity contribution in [1.82, 2.24) is 0 Å². The minimum Gasteiger partial charge on any atom is -0.460 e. The van der Waals surface area contributed by atoms with Gasteiger partial charge in [-0.25, -0.2) is 9.59 Å². The Morgan fingerprint density at radius 2 is 2.00 bits per heavy atom. The zero-order chi connectivity index (χ0) is 11.3. The zero-order valence-corrected chi connectivity index (χ0v) is 8.76. The molecule has 1 heterocycles. The molecule has 0 saturated carbocycles. The normalized spacial score (nSPS) is 19.3. The molecule has 15 heavy (non-hydrogen) atoms. The molecule has 5 heteroatoms. The van der Waals surface area contributed by atoms with Gasteiger partial charge in [0.25, 0.3) is 0 Å². The summed E-state index contributed by atoms with van der Waals surface area (Å²) in [6.45, 7) is 4.33. The molecule has 0 radical (unpaired) electrons. The summed E-state index contributed by atoms with van der Waals surface area (Å²) < 4.78 is 14.4. The molecule has 0 aromatic rings. The number of carbonyl (C=O) groups is 2. The van der Waals surface area contributed by atoms with Gasteiger partial charge in [0.15, 0.2) is 0 Å². The zero-order valence-electron chi connectivity index (χ0n) is 8.76. The molecule has 1 atom stereocenters. The lowest BCUT2D eigenvalue weighted by Crippen LogP contribution is -2.10. The molecule has 5 nitrogen and oxygen atoms in total. The summed E-state index contributed by atoms with van der Waals surface area (Å²) in [5.74, 6) is -1.11. The van der Waals surface area contributed by atoms with Gasteiger partial charge in [-0.2, -0.15) is 0 Å². The first-order valence-electron chi connectivity index (χ1n) is 4.75. The smallest absolute Gasteiger partial charge is 0.331 e. The van der Waals surface area contributed by atoms with Crippen molar-refractivity contribution < 1.29 is 23.8 Å². The molecule has 84 valence electrons. The van der Waals surface area contributed by atoms with Gasteiger partial charge in [0, 0.05) is 12.2 Å². The average molecular weight is 214 g/mol. The highest BCUT2D eigenvalue weighted by atomic mass is 16.6. The molecular weight excluding hydrogens is 200 g/mol. The molecule has 1 saturated heterocycles. The summed E-state index contributed by atoms with van der Waals surface area (Å²) in [4.78, 5) is 22.0. The summed E-state index contributed by atoms with van der Waals surface area (Å²) in [5.41, 5.74) is 0. The van der Waals surface area contributed by atoms with E-state index < -0.39 is 11.9 Å². The second-order valence-corrected chi connectivity index (χ2v) is 3.40. The second-order valence-electron chi connectivity index (χ2n) is 3.40. The third kappa shape index (κ3) is 5.85. The van der Waals surface area contributed by atoms with Gasteiger partial charge in [-0.15, -0.1) is 0 Å². The van der Waals surface area contributed by atoms with Crippen molar-refractivity contribution in [2.45, 2.75) is 26.1 Å². The van der Waals surface area contributed by atoms with Crippen LogP contribution in [0.2, 0.25) is 0 Å². The Morgan fingerprint density at radius 3 is 2.53 bits per heavy atom. The Morgan fingerprint density at radius 1 is 1.40 bits per heavy atom. The van der Waals surface area contributed by atoms with Crippen molar-refractivity contribution in [3.05, 3.63) is 12.2 Å². The van der Waals surface area contributed by atoms with Crippen molar-refractivity contribution in [2.75, 3.05) is 13.2 Å². The van der Waals surface area contributed by atoms with Gasteiger partial charge in [0.1, 0.15) is 12.7 Å². The van der Waals surface area contributed by atoms with Crippen molar-refractivity contribution in [2.24, 2.45) is 0 Å². The monoisotopic (exact) mass is 214 g/mol. The maximum atomic E-state index is 11.0. The minimum atomic E-state index is -0.564. The van der Waals surface area contributed by atoms with E-state index >= 15 is 0 Å². The van der Waals surface area contributed by atoms with Gasteiger partial charge in [-0.1, -0.05) is 0 Å². The third-order valence-corrected chi connectivity index (χ3v) is 1.52. The van der Waals surface area contributed by atoms with E-state index in [1.165, 1.54) is 0 Å². The summed E-state index contributed by atoms with van der Waals surface area (Å²) in [5, 5.41) is 0. The number of esters is 2. The Hall–Kier alpha value is -1.36. The van der Waals surface area contributed by atoms with Crippen molar-refractivity contribution in [1.29, 1.82) is 0 Å². The third-order valence-electron chi connectivity index (χ3n) is 1.52. The molecule has 1 fully saturated rings. The highest BCUT2D eigenvalue weighted by molar-refractivity contribution is 5.91. The van der Waals surface area contributed by atoms with Crippen LogP contribution in [-0.4, -0.2) is 37.4 Å². The van der Waals surface area contributed by atoms with Crippen LogP contribution in [0.25, 0.3) is 0 Å². The van der Waals surface area contributed by atoms with Crippen molar-refractivity contribution >= 4 is 11.9 Å². The number of hydrogen-bond donors (Lipinski definition) is 0. The quantitative estimate of drug-likeness (QED) is 0.377. The largest absolute Gasteiger partial charge is 0.460 e. The number of epoxide rings is 1. The molecule has 0 N–H and O–H groups in total. The van der Waals surface area contributed by atoms with Crippen LogP contribution in [0.4, 0.5) is 0 Å². The molecule has 0 aliphatic carbocycles. The van der Waals surface area contributed by atoms with E-state index in [1.54, 1.807) is 13.8 Å². The summed E-state index contributed by atoms with van der Waals surface area (Å²) in [7, 11) is 0. The molecule has 1 aliphatic rings. The van der Waals surface area contributed by atoms with Crippen molar-refractivity contribution in [3.8, 4) is 0 Å². The number of ether oxygens (including phenoxy) is 3. The van der Waals surface area contributed by atoms with Crippen LogP contribution >= 0.6 is 0 Å². The van der Waals surface area contributed by atoms with Crippen LogP contribution in [0.3, 0.4) is 0 Å². The van der Waals surface area contributed by atoms with E-state index in [9.17, 15) is 9.59 Å². The Kier molecular flexibility index (Phi) is 4.30. The maximum absolute atomic E-state index is 11.0. The van der Waals surface area contributed by atoms with Crippen molar-refractivity contribution in [3.63, 3.8) is 0 Å². The van der Waals surface area contributed by atoms with Crippen LogP contribution < -0.4 is 0 Å². The highest BCUT2D eigenvalue weighted by Crippen LogP contribution is 2.08. The lowest BCUT2D eigenvalue weighted by atomic mass is 10.4. The Bertz CT molecular complexity index is 265. The van der Waals surface area contributed by atoms with Gasteiger partial charge >= 0.3 is 11.9 Å². The molecular formula is C10H14O5. The van der Waals surface area contributed by atoms with Crippen LogP contribution in [0.15, 0.2) is 12.2 Å². The van der Waals surface area contributed by atoms with Crippen LogP contribution in [0.1, 0.15) is 13.8 Å². The second kappa shape index (κ2) is 5.50. The van der Waals surface area contributed by atoms with Crippen LogP contribution in [0.5, 0.6) is 0 Å². The van der Waals surface area contributed by atoms with E-state index in [1.807, 2.05) is 0 Å². The van der Waals surface area contributed by atoms with Gasteiger partial charge < -0.3 is 14.2 Å². The molecule has 1 rings (SSSR count). The SMILES string of the molecule is CC(C)OC(=O)/C=C/C(=O)OCC1CO1. The standard InChI is InChI=1S/C10H14O5/c1-7(2)15-10(12)4-3-9(11)14-6-8-5-13-8/h3-4,7-8H,5-6H2,1-2H3/b4-3+. The minimum absolute atomic E-state index is 0.0324. The Balaban J connectivity index is 2.16. The summed E-state index contributed by atoms with van der Waals surface area (Å²) >= 11 is 0. The Labute approximate surface area is 88.0 Å². The first-order chi connectivity index (χ1) is 7.08. The lowest BCUT2D eigenvalue weighted by molar-refractivity contribution is -0.143. The van der Waals surface area contributed by atoms with Gasteiger partial charge in [0.05, 0.1) is 12.7 Å². The molecule has 1 unspecified atom stereocenters. The molecule has 1 aliphatic heterocycles. The highest BCUT2D eigenvalue weighted by Gasteiger charge is 2.23. The number of rotatable bonds is 5. The van der Waals surface area contributed by atoms with E-state index in [0.29, 0.717) is 6.61 Å². The predicted octanol–water partition coefficient (Wildman–Crippen LogP) is 0.436. The number of hydrogen-bond acceptors (Lipinski definition) is 5. The number of carbonyl (C=O) groups excluding carboxylic acids is 2. The van der Waals surface area contributed by atoms with Gasteiger partial charge in [-0.05, 0) is 13.8 Å². The predicted molar refractivity (Wildman–Crippen MR) is 51.1 cm³/mol. The molecule has 0 bridgehead atoms. The van der Waals surface area contributed by atoms with Gasteiger partial charge in [-0.3, -0.25) is 0 Å². The fourth-order valence-electron chi connectivity index (χ4n) is 0.795. The molecule has 0 amide bonds. The first-order valence-corrected chi connectivity index (χ1v) is 4.75. The lowest BCUT2D eigenvalue weighted by Gasteiger charge is -2.03. The van der Waals surface area contributed by atoms with E-state index in [-0.39, 0.29) is 18.8 Å². The van der Waals surface area contributed by atoms with Gasteiger partial charge in [0.2, 0.25) is 0 Å². The summed E-state index contributed by atoms with van der Waals surface area (Å²) in [6.07, 6.45) is 1.94. The fraction of sp³-hybridized carbons (Fsp3) is 0.600. The topological polar surface area (TPSA) is 65.1 Å². The maximum Gasteiger partial charge on any atom is 0.331 e. The molecule has 0 aromatic heterocycles. The first kappa shape index (κ1) is 11.7. The van der Waals surface area contributed by atoms with E-state index in [4.69, 9.17) is 14.2 Å². The fourth-order valence-corrected chi connectivity index (χ4v) is 0.795. The summed E-state index contributed by atoms with van der Waals surface area (Å²) in [6, 6.07) is 0. The van der Waals surface area contributed by atoms with Crippen LogP contribution in [-0.2, 0) is 23.8 Å². The average Bonchev–Trinajstić information content (AvgIpc) is 2.93. The van der Waals surface area contributed by atoms with Crippen LogP contribution in [0, 0.1) is 0 Å². The van der Waals surface area contributed by atoms with E-state index in [0.717, 1.165) is 12.2 Å². The van der Waals surface area contributed by atoms with E-state index in [2.05, 4.69) is 0 Å². The molecule has 0 aromatic carbocycles.